The maximum absolute atomic E-state index is 8.55. The van der Waals surface area contributed by atoms with Gasteiger partial charge in [0, 0.05) is 34.1 Å². The molecular weight excluding hydrogens is 320 g/mol. The molecule has 0 aromatic rings. The number of rotatable bonds is 0. The summed E-state index contributed by atoms with van der Waals surface area (Å²) in [6, 6.07) is 0. The molecule has 0 bridgehead atoms. The fourth-order valence-corrected chi connectivity index (χ4v) is 0. The van der Waals surface area contributed by atoms with E-state index < -0.39 is 7.82 Å². The van der Waals surface area contributed by atoms with Gasteiger partial charge in [0.1, 0.15) is 0 Å². The second-order valence-electron chi connectivity index (χ2n) is 0.447. The van der Waals surface area contributed by atoms with Crippen LogP contribution in [-0.4, -0.2) is 78.2 Å². The summed E-state index contributed by atoms with van der Waals surface area (Å²) in [6.07, 6.45) is 0. The minimum atomic E-state index is -5.39. The molecule has 0 saturated carbocycles. The molecule has 4 nitrogen and oxygen atoms in total. The van der Waals surface area contributed by atoms with E-state index in [0.29, 0.717) is 0 Å². The third-order valence-corrected chi connectivity index (χ3v) is 0. The van der Waals surface area contributed by atoms with Crippen molar-refractivity contribution in [3.63, 3.8) is 0 Å². The molecule has 0 heterocycles. The predicted molar refractivity (Wildman–Crippen MR) is 31.8 cm³/mol. The quantitative estimate of drug-likeness (QED) is 0.327. The molecule has 0 N–H and O–H groups in total. The zero-order chi connectivity index (χ0) is 4.50. The van der Waals surface area contributed by atoms with E-state index in [2.05, 4.69) is 0 Å². The van der Waals surface area contributed by atoms with Gasteiger partial charge in [0.25, 0.3) is 0 Å². The van der Waals surface area contributed by atoms with Crippen LogP contribution in [0.25, 0.3) is 0 Å². The first-order valence-electron chi connectivity index (χ1n) is 0.730. The second kappa shape index (κ2) is 24.1. The van der Waals surface area contributed by atoms with Crippen LogP contribution in [0.15, 0.2) is 0 Å². The molecule has 0 spiro atoms. The van der Waals surface area contributed by atoms with E-state index in [-0.39, 0.29) is 142 Å². The monoisotopic (exact) mass is 325 g/mol. The van der Waals surface area contributed by atoms with Crippen molar-refractivity contribution in [2.24, 2.45) is 0 Å². The Morgan fingerprint density at radius 3 is 1.09 bits per heavy atom. The molecule has 0 aliphatic heterocycles. The average molecular weight is 325 g/mol. The summed E-state index contributed by atoms with van der Waals surface area (Å²) in [6.45, 7) is 0. The number of hydrogen-bond acceptors (Lipinski definition) is 4. The van der Waals surface area contributed by atoms with Gasteiger partial charge in [-0.2, -0.15) is 7.82 Å². The standard InChI is InChI=1S/Al.Ca.Fe.Mg.Mn.Na.H3O4P.5H/c;;;;;;1-5(2,3)4;;;;;/h;;;;;;(H3,1,2,3,4);;;;;/q;+2;;;;+1;;;;;;/p-3. The summed E-state index contributed by atoms with van der Waals surface area (Å²) in [7, 11) is -5.39. The van der Waals surface area contributed by atoms with Gasteiger partial charge in [-0.3, -0.25) is 0 Å². The molecule has 57 valence electrons. The molecule has 11 heavy (non-hydrogen) atoms. The SMILES string of the molecule is O=P([O-])([O-])[O-].[AlH3].[Ca+2].[Fe].[MgH2].[Mn].[Na+]. The van der Waals surface area contributed by atoms with Gasteiger partial charge in [-0.1, -0.05) is 0 Å². The Labute approximate surface area is 165 Å². The molecule has 0 saturated heterocycles. The van der Waals surface area contributed by atoms with Crippen LogP contribution >= 0.6 is 7.82 Å². The largest absolute Gasteiger partial charge is 2.00 e. The Hall–Kier alpha value is 4.71. The van der Waals surface area contributed by atoms with Crippen molar-refractivity contribution in [2.75, 3.05) is 0 Å². The summed E-state index contributed by atoms with van der Waals surface area (Å²) >= 11 is 0. The van der Waals surface area contributed by atoms with E-state index in [4.69, 9.17) is 19.2 Å². The summed E-state index contributed by atoms with van der Waals surface area (Å²) in [5.74, 6) is 0. The normalized spacial score (nSPS) is 5.36. The average Bonchev–Trinajstić information content (AvgIpc) is 0.722. The van der Waals surface area contributed by atoms with Crippen molar-refractivity contribution in [3.8, 4) is 0 Å². The summed E-state index contributed by atoms with van der Waals surface area (Å²) in [4.78, 5) is 25.6. The van der Waals surface area contributed by atoms with Crippen molar-refractivity contribution < 1.29 is 82.9 Å². The van der Waals surface area contributed by atoms with Gasteiger partial charge in [-0.05, 0) is 0 Å². The van der Waals surface area contributed by atoms with Crippen LogP contribution in [0.3, 0.4) is 0 Å². The summed E-state index contributed by atoms with van der Waals surface area (Å²) in [5, 5.41) is 0. The molecular formula is H5AlCaFeMgMnNaO4P. The van der Waals surface area contributed by atoms with Gasteiger partial charge in [-0.25, -0.2) is 0 Å². The molecule has 11 heteroatoms. The molecule has 0 atom stereocenters. The first kappa shape index (κ1) is 44.8. The third-order valence-electron chi connectivity index (χ3n) is 0. The topological polar surface area (TPSA) is 86.2 Å². The van der Waals surface area contributed by atoms with Gasteiger partial charge < -0.3 is 19.2 Å². The minimum Gasteiger partial charge on any atom is -0.822 e. The molecule has 0 amide bonds. The zero-order valence-electron chi connectivity index (χ0n) is 4.52. The number of phosphoric acid groups is 1. The Morgan fingerprint density at radius 2 is 1.09 bits per heavy atom. The zero-order valence-corrected chi connectivity index (χ0v) is 11.9. The van der Waals surface area contributed by atoms with Crippen molar-refractivity contribution in [1.82, 2.24) is 0 Å². The molecule has 0 unspecified atom stereocenters. The Bertz CT molecular complexity index is 76.2. The molecule has 0 aromatic heterocycles. The fraction of sp³-hybridized carbons (Fsp3) is 0. The van der Waals surface area contributed by atoms with Crippen LogP contribution in [0.5, 0.6) is 0 Å². The van der Waals surface area contributed by atoms with Gasteiger partial charge in [0.15, 0.2) is 17.4 Å². The number of hydrogen-bond donors (Lipinski definition) is 0. The Balaban J connectivity index is -0.00000000533. The van der Waals surface area contributed by atoms with E-state index >= 15 is 0 Å². The van der Waals surface area contributed by atoms with Crippen LogP contribution in [0.2, 0.25) is 0 Å². The Kier molecular flexibility index (Phi) is 98.2. The summed E-state index contributed by atoms with van der Waals surface area (Å²) in [5.41, 5.74) is 0. The molecule has 1 radical (unpaired) electrons. The van der Waals surface area contributed by atoms with Crippen LogP contribution in [0.4, 0.5) is 0 Å². The molecule has 0 aromatic carbocycles. The Morgan fingerprint density at radius 1 is 1.09 bits per heavy atom. The van der Waals surface area contributed by atoms with E-state index in [1.54, 1.807) is 0 Å². The smallest absolute Gasteiger partial charge is 0.822 e. The minimum absolute atomic E-state index is 0. The first-order valence-corrected chi connectivity index (χ1v) is 2.19. The van der Waals surface area contributed by atoms with E-state index in [0.717, 1.165) is 0 Å². The van der Waals surface area contributed by atoms with Gasteiger partial charge >= 0.3 is 90.3 Å². The molecule has 0 fully saturated rings. The maximum Gasteiger partial charge on any atom is 2.00 e. The van der Waals surface area contributed by atoms with Crippen LogP contribution in [0.1, 0.15) is 0 Å². The van der Waals surface area contributed by atoms with Crippen molar-refractivity contribution >= 4 is 86.0 Å². The van der Waals surface area contributed by atoms with Crippen molar-refractivity contribution in [3.05, 3.63) is 0 Å². The maximum atomic E-state index is 8.55. The first-order chi connectivity index (χ1) is 2.00. The predicted octanol–water partition coefficient (Wildman–Crippen LogP) is -8.31. The van der Waals surface area contributed by atoms with Crippen LogP contribution in [0, 0.1) is 0 Å². The van der Waals surface area contributed by atoms with Crippen molar-refractivity contribution in [2.45, 2.75) is 0 Å². The van der Waals surface area contributed by atoms with E-state index in [1.165, 1.54) is 0 Å². The second-order valence-corrected chi connectivity index (χ2v) is 1.34. The van der Waals surface area contributed by atoms with E-state index in [9.17, 15) is 0 Å². The molecule has 0 rings (SSSR count). The molecule has 0 aliphatic rings. The van der Waals surface area contributed by atoms with Crippen LogP contribution in [-0.2, 0) is 38.7 Å². The van der Waals surface area contributed by atoms with Gasteiger partial charge in [-0.15, -0.1) is 0 Å². The van der Waals surface area contributed by atoms with Crippen LogP contribution < -0.4 is 44.2 Å². The summed E-state index contributed by atoms with van der Waals surface area (Å²) < 4.78 is 8.55. The van der Waals surface area contributed by atoms with E-state index in [1.807, 2.05) is 0 Å². The van der Waals surface area contributed by atoms with Crippen molar-refractivity contribution in [1.29, 1.82) is 0 Å². The molecule has 0 aliphatic carbocycles. The third kappa shape index (κ3) is 107. The van der Waals surface area contributed by atoms with Gasteiger partial charge in [0.2, 0.25) is 0 Å². The van der Waals surface area contributed by atoms with Gasteiger partial charge in [0.05, 0.1) is 0 Å². The fourth-order valence-electron chi connectivity index (χ4n) is 0.